The molecule has 3 aromatic rings. The van der Waals surface area contributed by atoms with E-state index in [1.54, 1.807) is 31.3 Å². The summed E-state index contributed by atoms with van der Waals surface area (Å²) in [6.45, 7) is 0.170. The zero-order valence-corrected chi connectivity index (χ0v) is 18.0. The van der Waals surface area contributed by atoms with Crippen LogP contribution in [0.2, 0.25) is 0 Å². The smallest absolute Gasteiger partial charge is 0.322 e. The van der Waals surface area contributed by atoms with Crippen molar-refractivity contribution in [3.63, 3.8) is 0 Å². The van der Waals surface area contributed by atoms with Crippen molar-refractivity contribution in [2.75, 3.05) is 0 Å². The van der Waals surface area contributed by atoms with Crippen LogP contribution in [0.15, 0.2) is 48.7 Å². The fourth-order valence-electron chi connectivity index (χ4n) is 4.65. The van der Waals surface area contributed by atoms with Gasteiger partial charge in [-0.25, -0.2) is 0 Å². The number of piperidine rings is 1. The number of halogens is 3. The highest BCUT2D eigenvalue weighted by Crippen LogP contribution is 2.41. The van der Waals surface area contributed by atoms with Crippen molar-refractivity contribution in [1.82, 2.24) is 20.0 Å². The van der Waals surface area contributed by atoms with Crippen molar-refractivity contribution in [3.8, 4) is 22.4 Å². The topological polar surface area (TPSA) is 84.3 Å². The van der Waals surface area contributed by atoms with Crippen molar-refractivity contribution in [2.24, 2.45) is 7.05 Å². The molecule has 0 saturated carbocycles. The fourth-order valence-corrected chi connectivity index (χ4v) is 4.65. The summed E-state index contributed by atoms with van der Waals surface area (Å²) in [5.74, 6) is -1.18. The molecule has 1 unspecified atom stereocenters. The zero-order valence-electron chi connectivity index (χ0n) is 18.0. The lowest BCUT2D eigenvalue weighted by Crippen LogP contribution is -2.52. The Morgan fingerprint density at radius 2 is 1.79 bits per heavy atom. The maximum absolute atomic E-state index is 13.7. The number of alkyl halides is 3. The molecule has 2 aliphatic rings. The molecule has 0 radical (unpaired) electrons. The van der Waals surface area contributed by atoms with Gasteiger partial charge in [-0.05, 0) is 35.7 Å². The summed E-state index contributed by atoms with van der Waals surface area (Å²) in [5.41, 5.74) is 1.73. The summed E-state index contributed by atoms with van der Waals surface area (Å²) < 4.78 is 42.4. The maximum atomic E-state index is 13.7. The lowest BCUT2D eigenvalue weighted by Gasteiger charge is -2.29. The number of hydrogen-bond acceptors (Lipinski definition) is 4. The fraction of sp³-hybridized carbons (Fsp3) is 0.250. The first-order valence-electron chi connectivity index (χ1n) is 10.6. The van der Waals surface area contributed by atoms with E-state index >= 15 is 0 Å². The van der Waals surface area contributed by atoms with Crippen molar-refractivity contribution < 1.29 is 27.6 Å². The SMILES string of the molecule is Cn1ncc(-c2ccc3c(c2)CN(C2CCC(=O)NC2=O)C3=O)c1-c1ccccc1C(F)(F)F. The predicted octanol–water partition coefficient (Wildman–Crippen LogP) is 3.53. The van der Waals surface area contributed by atoms with E-state index in [1.165, 1.54) is 27.9 Å². The molecule has 10 heteroatoms. The van der Waals surface area contributed by atoms with Gasteiger partial charge in [0.2, 0.25) is 11.8 Å². The van der Waals surface area contributed by atoms with Gasteiger partial charge in [-0.1, -0.05) is 24.3 Å². The summed E-state index contributed by atoms with van der Waals surface area (Å²) in [5, 5.41) is 6.46. The van der Waals surface area contributed by atoms with Gasteiger partial charge in [0.15, 0.2) is 0 Å². The summed E-state index contributed by atoms with van der Waals surface area (Å²) in [7, 11) is 1.58. The van der Waals surface area contributed by atoms with Crippen LogP contribution in [0.4, 0.5) is 13.2 Å². The van der Waals surface area contributed by atoms with Crippen LogP contribution in [0.5, 0.6) is 0 Å². The minimum absolute atomic E-state index is 0.00625. The number of nitrogens with zero attached hydrogens (tertiary/aromatic N) is 3. The van der Waals surface area contributed by atoms with Gasteiger partial charge in [0.1, 0.15) is 6.04 Å². The Bertz CT molecular complexity index is 1350. The average Bonchev–Trinajstić information content (AvgIpc) is 3.33. The minimum Gasteiger partial charge on any atom is -0.322 e. The van der Waals surface area contributed by atoms with Gasteiger partial charge in [0, 0.05) is 36.7 Å². The zero-order chi connectivity index (χ0) is 24.2. The predicted molar refractivity (Wildman–Crippen MR) is 115 cm³/mol. The van der Waals surface area contributed by atoms with Gasteiger partial charge in [-0.2, -0.15) is 18.3 Å². The second kappa shape index (κ2) is 7.82. The van der Waals surface area contributed by atoms with Gasteiger partial charge in [-0.3, -0.25) is 24.4 Å². The minimum atomic E-state index is -4.54. The van der Waals surface area contributed by atoms with E-state index in [0.717, 1.165) is 6.07 Å². The molecule has 7 nitrogen and oxygen atoms in total. The number of carbonyl (C=O) groups is 3. The average molecular weight is 468 g/mol. The molecule has 0 aliphatic carbocycles. The first-order valence-corrected chi connectivity index (χ1v) is 10.6. The Morgan fingerprint density at radius 1 is 1.03 bits per heavy atom. The maximum Gasteiger partial charge on any atom is 0.417 e. The molecule has 1 atom stereocenters. The van der Waals surface area contributed by atoms with Crippen LogP contribution >= 0.6 is 0 Å². The van der Waals surface area contributed by atoms with E-state index in [-0.39, 0.29) is 36.8 Å². The number of fused-ring (bicyclic) bond motifs is 1. The Morgan fingerprint density at radius 3 is 2.53 bits per heavy atom. The monoisotopic (exact) mass is 468 g/mol. The van der Waals surface area contributed by atoms with Crippen molar-refractivity contribution >= 4 is 17.7 Å². The van der Waals surface area contributed by atoms with Gasteiger partial charge in [0.25, 0.3) is 5.91 Å². The number of benzene rings is 2. The summed E-state index contributed by atoms with van der Waals surface area (Å²) in [6.07, 6.45) is -2.64. The number of carbonyl (C=O) groups excluding carboxylic acids is 3. The lowest BCUT2D eigenvalue weighted by molar-refractivity contribution is -0.138. The highest BCUT2D eigenvalue weighted by Gasteiger charge is 2.39. The highest BCUT2D eigenvalue weighted by atomic mass is 19.4. The van der Waals surface area contributed by atoms with Gasteiger partial charge in [0.05, 0.1) is 17.5 Å². The number of rotatable bonds is 3. The molecule has 5 rings (SSSR count). The van der Waals surface area contributed by atoms with Crippen LogP contribution in [0.25, 0.3) is 22.4 Å². The normalized spacial score (nSPS) is 18.3. The Hall–Kier alpha value is -3.95. The molecule has 2 aromatic carbocycles. The number of imide groups is 1. The van der Waals surface area contributed by atoms with Crippen LogP contribution < -0.4 is 5.32 Å². The van der Waals surface area contributed by atoms with Gasteiger partial charge in [-0.15, -0.1) is 0 Å². The van der Waals surface area contributed by atoms with Gasteiger partial charge < -0.3 is 4.90 Å². The molecule has 0 spiro atoms. The highest BCUT2D eigenvalue weighted by molar-refractivity contribution is 6.05. The molecular formula is C24H19F3N4O3. The van der Waals surface area contributed by atoms with Crippen molar-refractivity contribution in [1.29, 1.82) is 0 Å². The number of nitrogens with one attached hydrogen (secondary N) is 1. The van der Waals surface area contributed by atoms with E-state index in [1.807, 2.05) is 0 Å². The van der Waals surface area contributed by atoms with Crippen LogP contribution in [0.3, 0.4) is 0 Å². The quantitative estimate of drug-likeness (QED) is 0.596. The lowest BCUT2D eigenvalue weighted by atomic mass is 9.95. The third kappa shape index (κ3) is 3.55. The van der Waals surface area contributed by atoms with Crippen LogP contribution in [0.1, 0.15) is 34.3 Å². The van der Waals surface area contributed by atoms with Crippen molar-refractivity contribution in [2.45, 2.75) is 31.6 Å². The van der Waals surface area contributed by atoms with Crippen molar-refractivity contribution in [3.05, 3.63) is 65.4 Å². The van der Waals surface area contributed by atoms with Crippen LogP contribution in [0, 0.1) is 0 Å². The third-order valence-corrected chi connectivity index (χ3v) is 6.26. The largest absolute Gasteiger partial charge is 0.417 e. The molecule has 1 N–H and O–H groups in total. The third-order valence-electron chi connectivity index (χ3n) is 6.26. The Balaban J connectivity index is 1.53. The molecular weight excluding hydrogens is 449 g/mol. The van der Waals surface area contributed by atoms with E-state index in [4.69, 9.17) is 0 Å². The summed E-state index contributed by atoms with van der Waals surface area (Å²) in [6, 6.07) is 9.61. The van der Waals surface area contributed by atoms with E-state index in [9.17, 15) is 27.6 Å². The molecule has 1 fully saturated rings. The molecule has 34 heavy (non-hydrogen) atoms. The summed E-state index contributed by atoms with van der Waals surface area (Å²) in [4.78, 5) is 38.1. The first kappa shape index (κ1) is 21.9. The molecule has 0 bridgehead atoms. The number of aromatic nitrogens is 2. The standard InChI is InChI=1S/C24H19F3N4O3/c1-30-21(16-4-2-3-5-18(16)24(25,26)27)17(11-28-30)13-6-7-15-14(10-13)12-31(23(15)34)19-8-9-20(32)29-22(19)33/h2-7,10-11,19H,8-9,12H2,1H3,(H,29,32,33). The molecule has 3 amide bonds. The Labute approximate surface area is 192 Å². The van der Waals surface area contributed by atoms with Crippen LogP contribution in [-0.2, 0) is 29.4 Å². The van der Waals surface area contributed by atoms with E-state index in [0.29, 0.717) is 27.9 Å². The second-order valence-corrected chi connectivity index (χ2v) is 8.35. The number of aryl methyl sites for hydroxylation is 1. The van der Waals surface area contributed by atoms with Gasteiger partial charge >= 0.3 is 6.18 Å². The molecule has 174 valence electrons. The molecule has 3 heterocycles. The second-order valence-electron chi connectivity index (χ2n) is 8.35. The van der Waals surface area contributed by atoms with E-state index < -0.39 is 23.7 Å². The Kier molecular flexibility index (Phi) is 5.03. The van der Waals surface area contributed by atoms with Crippen LogP contribution in [-0.4, -0.2) is 38.4 Å². The number of amides is 3. The van der Waals surface area contributed by atoms with E-state index in [2.05, 4.69) is 10.4 Å². The molecule has 2 aliphatic heterocycles. The molecule has 1 saturated heterocycles. The molecule has 1 aromatic heterocycles. The number of hydrogen-bond donors (Lipinski definition) is 1. The summed E-state index contributed by atoms with van der Waals surface area (Å²) >= 11 is 0. The first-order chi connectivity index (χ1) is 16.1.